The number of phenols is 1. The molecule has 3 rings (SSSR count). The van der Waals surface area contributed by atoms with Gasteiger partial charge in [0, 0.05) is 0 Å². The van der Waals surface area contributed by atoms with Gasteiger partial charge in [-0.3, -0.25) is 4.79 Å². The number of esters is 2. The van der Waals surface area contributed by atoms with Crippen LogP contribution < -0.4 is 5.32 Å². The molecule has 27 heavy (non-hydrogen) atoms. The number of carbonyl (C=O) groups excluding carboxylic acids is 3. The number of thiophene rings is 1. The predicted octanol–water partition coefficient (Wildman–Crippen LogP) is 3.30. The fourth-order valence-electron chi connectivity index (χ4n) is 2.58. The Hall–Kier alpha value is -2.87. The molecule has 0 unspecified atom stereocenters. The van der Waals surface area contributed by atoms with E-state index in [0.717, 1.165) is 18.4 Å². The van der Waals surface area contributed by atoms with Crippen LogP contribution in [0.25, 0.3) is 0 Å². The van der Waals surface area contributed by atoms with Gasteiger partial charge in [0.2, 0.25) is 0 Å². The fourth-order valence-corrected chi connectivity index (χ4v) is 3.63. The number of rotatable bonds is 7. The largest absolute Gasteiger partial charge is 0.508 e. The summed E-state index contributed by atoms with van der Waals surface area (Å²) in [6.07, 6.45) is 2.02. The molecule has 0 atom stereocenters. The highest BCUT2D eigenvalue weighted by molar-refractivity contribution is 7.15. The van der Waals surface area contributed by atoms with E-state index in [1.807, 2.05) is 5.38 Å². The first-order valence-electron chi connectivity index (χ1n) is 8.54. The van der Waals surface area contributed by atoms with Crippen molar-refractivity contribution in [3.63, 3.8) is 0 Å². The molecule has 1 aromatic carbocycles. The van der Waals surface area contributed by atoms with Crippen LogP contribution in [-0.4, -0.2) is 36.2 Å². The Bertz CT molecular complexity index is 871. The summed E-state index contributed by atoms with van der Waals surface area (Å²) >= 11 is 1.25. The van der Waals surface area contributed by atoms with Crippen molar-refractivity contribution >= 4 is 34.2 Å². The maximum absolute atomic E-state index is 12.3. The Morgan fingerprint density at radius 3 is 2.67 bits per heavy atom. The number of carbonyl (C=O) groups is 3. The van der Waals surface area contributed by atoms with E-state index >= 15 is 0 Å². The number of ether oxygens (including phenoxy) is 2. The summed E-state index contributed by atoms with van der Waals surface area (Å²) in [7, 11) is 0. The Balaban J connectivity index is 1.64. The normalized spacial score (nSPS) is 13.1. The van der Waals surface area contributed by atoms with Crippen LogP contribution in [0.3, 0.4) is 0 Å². The van der Waals surface area contributed by atoms with Crippen LogP contribution in [0.15, 0.2) is 29.6 Å². The molecule has 1 aliphatic carbocycles. The van der Waals surface area contributed by atoms with Crippen molar-refractivity contribution in [1.82, 2.24) is 0 Å². The van der Waals surface area contributed by atoms with Crippen molar-refractivity contribution < 1.29 is 29.0 Å². The van der Waals surface area contributed by atoms with Crippen LogP contribution in [0.5, 0.6) is 5.75 Å². The first kappa shape index (κ1) is 18.9. The summed E-state index contributed by atoms with van der Waals surface area (Å²) in [5.41, 5.74) is 1.42. The highest BCUT2D eigenvalue weighted by Crippen LogP contribution is 2.46. The zero-order valence-electron chi connectivity index (χ0n) is 14.7. The summed E-state index contributed by atoms with van der Waals surface area (Å²) < 4.78 is 10.1. The molecule has 1 saturated carbocycles. The molecule has 0 aliphatic heterocycles. The van der Waals surface area contributed by atoms with Crippen LogP contribution in [0.4, 0.5) is 5.00 Å². The standard InChI is InChI=1S/C19H19NO6S/c1-2-25-19(24)16-14(11-6-7-11)10-27-17(16)20-15(22)9-26-18(23)12-4-3-5-13(21)8-12/h3-5,8,10-11,21H,2,6-7,9H2,1H3,(H,20,22). The minimum Gasteiger partial charge on any atom is -0.508 e. The van der Waals surface area contributed by atoms with Gasteiger partial charge in [-0.2, -0.15) is 0 Å². The Kier molecular flexibility index (Phi) is 5.75. The highest BCUT2D eigenvalue weighted by Gasteiger charge is 2.32. The number of phenolic OH excluding ortho intramolecular Hbond substituents is 1. The van der Waals surface area contributed by atoms with Crippen molar-refractivity contribution in [2.75, 3.05) is 18.5 Å². The minimum atomic E-state index is -0.725. The molecular weight excluding hydrogens is 370 g/mol. The molecule has 1 amide bonds. The Morgan fingerprint density at radius 2 is 2.00 bits per heavy atom. The van der Waals surface area contributed by atoms with E-state index in [1.165, 1.54) is 35.6 Å². The van der Waals surface area contributed by atoms with Gasteiger partial charge in [-0.25, -0.2) is 9.59 Å². The quantitative estimate of drug-likeness (QED) is 0.705. The smallest absolute Gasteiger partial charge is 0.341 e. The second kappa shape index (κ2) is 8.22. The first-order valence-corrected chi connectivity index (χ1v) is 9.42. The highest BCUT2D eigenvalue weighted by atomic mass is 32.1. The van der Waals surface area contributed by atoms with Gasteiger partial charge in [0.25, 0.3) is 5.91 Å². The summed E-state index contributed by atoms with van der Waals surface area (Å²) in [4.78, 5) is 36.4. The predicted molar refractivity (Wildman–Crippen MR) is 99.3 cm³/mol. The molecule has 142 valence electrons. The van der Waals surface area contributed by atoms with E-state index < -0.39 is 24.5 Å². The summed E-state index contributed by atoms with van der Waals surface area (Å²) in [6.45, 7) is 1.46. The molecule has 1 aromatic heterocycles. The van der Waals surface area contributed by atoms with Crippen molar-refractivity contribution in [3.8, 4) is 5.75 Å². The van der Waals surface area contributed by atoms with Crippen LogP contribution in [0, 0.1) is 0 Å². The average Bonchev–Trinajstić information content (AvgIpc) is 3.40. The molecule has 1 fully saturated rings. The van der Waals surface area contributed by atoms with Gasteiger partial charge < -0.3 is 19.9 Å². The second-order valence-corrected chi connectivity index (χ2v) is 6.94. The van der Waals surface area contributed by atoms with E-state index in [9.17, 15) is 19.5 Å². The number of aromatic hydroxyl groups is 1. The molecule has 0 bridgehead atoms. The number of nitrogens with one attached hydrogen (secondary N) is 1. The van der Waals surface area contributed by atoms with Crippen molar-refractivity contribution in [2.45, 2.75) is 25.7 Å². The molecule has 2 N–H and O–H groups in total. The first-order chi connectivity index (χ1) is 13.0. The molecule has 2 aromatic rings. The number of anilines is 1. The molecule has 7 nitrogen and oxygen atoms in total. The van der Waals surface area contributed by atoms with Crippen molar-refractivity contribution in [2.24, 2.45) is 0 Å². The number of hydrogen-bond donors (Lipinski definition) is 2. The number of amides is 1. The lowest BCUT2D eigenvalue weighted by molar-refractivity contribution is -0.119. The maximum Gasteiger partial charge on any atom is 0.341 e. The third-order valence-electron chi connectivity index (χ3n) is 3.99. The fraction of sp³-hybridized carbons (Fsp3) is 0.316. The van der Waals surface area contributed by atoms with Crippen molar-refractivity contribution in [1.29, 1.82) is 0 Å². The Morgan fingerprint density at radius 1 is 1.22 bits per heavy atom. The summed E-state index contributed by atoms with van der Waals surface area (Å²) in [5.74, 6) is -1.49. The lowest BCUT2D eigenvalue weighted by Crippen LogP contribution is -2.21. The van der Waals surface area contributed by atoms with E-state index in [2.05, 4.69) is 5.32 Å². The van der Waals surface area contributed by atoms with Gasteiger partial charge in [-0.1, -0.05) is 6.07 Å². The van der Waals surface area contributed by atoms with Crippen molar-refractivity contribution in [3.05, 3.63) is 46.3 Å². The third kappa shape index (κ3) is 4.65. The molecule has 1 aliphatic rings. The zero-order chi connectivity index (χ0) is 19.4. The number of hydrogen-bond acceptors (Lipinski definition) is 7. The van der Waals surface area contributed by atoms with Crippen LogP contribution >= 0.6 is 11.3 Å². The third-order valence-corrected chi connectivity index (χ3v) is 4.90. The SMILES string of the molecule is CCOC(=O)c1c(C2CC2)csc1NC(=O)COC(=O)c1cccc(O)c1. The summed E-state index contributed by atoms with van der Waals surface area (Å²) in [5, 5.41) is 14.3. The summed E-state index contributed by atoms with van der Waals surface area (Å²) in [6, 6.07) is 5.65. The topological polar surface area (TPSA) is 102 Å². The number of benzene rings is 1. The molecule has 8 heteroatoms. The van der Waals surface area contributed by atoms with E-state index in [0.29, 0.717) is 16.5 Å². The second-order valence-electron chi connectivity index (χ2n) is 6.06. The lowest BCUT2D eigenvalue weighted by atomic mass is 10.1. The molecule has 1 heterocycles. The molecule has 0 saturated heterocycles. The van der Waals surface area contributed by atoms with Gasteiger partial charge in [0.1, 0.15) is 10.8 Å². The zero-order valence-corrected chi connectivity index (χ0v) is 15.5. The van der Waals surface area contributed by atoms with E-state index in [4.69, 9.17) is 9.47 Å². The monoisotopic (exact) mass is 389 g/mol. The van der Waals surface area contributed by atoms with Gasteiger partial charge in [0.15, 0.2) is 6.61 Å². The van der Waals surface area contributed by atoms with Crippen LogP contribution in [0.2, 0.25) is 0 Å². The molecular formula is C19H19NO6S. The van der Waals surface area contributed by atoms with Gasteiger partial charge in [-0.15, -0.1) is 11.3 Å². The maximum atomic E-state index is 12.3. The molecule has 0 spiro atoms. The van der Waals surface area contributed by atoms with Crippen LogP contribution in [-0.2, 0) is 14.3 Å². The van der Waals surface area contributed by atoms with Gasteiger partial charge in [0.05, 0.1) is 17.7 Å². The van der Waals surface area contributed by atoms with E-state index in [-0.39, 0.29) is 17.9 Å². The average molecular weight is 389 g/mol. The minimum absolute atomic E-state index is 0.0702. The molecule has 0 radical (unpaired) electrons. The van der Waals surface area contributed by atoms with Gasteiger partial charge >= 0.3 is 11.9 Å². The van der Waals surface area contributed by atoms with Gasteiger partial charge in [-0.05, 0) is 54.8 Å². The Labute approximate surface area is 159 Å². The van der Waals surface area contributed by atoms with Crippen LogP contribution in [0.1, 0.15) is 52.0 Å². The van der Waals surface area contributed by atoms with E-state index in [1.54, 1.807) is 6.92 Å². The lowest BCUT2D eigenvalue weighted by Gasteiger charge is -2.09.